The van der Waals surface area contributed by atoms with Gasteiger partial charge in [0.05, 0.1) is 0 Å². The Bertz CT molecular complexity index is 580. The largest absolute Gasteiger partial charge is 0.310 e. The summed E-state index contributed by atoms with van der Waals surface area (Å²) in [6.07, 6.45) is 9.34. The maximum absolute atomic E-state index is 4.35. The second-order valence-electron chi connectivity index (χ2n) is 6.50. The molecule has 1 fully saturated rings. The lowest BCUT2D eigenvalue weighted by Gasteiger charge is -2.34. The molecule has 0 amide bonds. The monoisotopic (exact) mass is 282 g/mol. The van der Waals surface area contributed by atoms with Gasteiger partial charge in [-0.05, 0) is 48.2 Å². The van der Waals surface area contributed by atoms with Gasteiger partial charge in [-0.25, -0.2) is 0 Å². The molecule has 0 spiro atoms. The van der Waals surface area contributed by atoms with Gasteiger partial charge in [-0.15, -0.1) is 0 Å². The van der Waals surface area contributed by atoms with Crippen LogP contribution in [0.4, 0.5) is 0 Å². The minimum atomic E-state index is 0.468. The van der Waals surface area contributed by atoms with E-state index in [9.17, 15) is 0 Å². The molecule has 21 heavy (non-hydrogen) atoms. The van der Waals surface area contributed by atoms with E-state index < -0.39 is 0 Å². The molecule has 1 saturated carbocycles. The zero-order chi connectivity index (χ0) is 14.7. The summed E-state index contributed by atoms with van der Waals surface area (Å²) in [5.74, 6) is 1.66. The predicted octanol–water partition coefficient (Wildman–Crippen LogP) is 4.71. The highest BCUT2D eigenvalue weighted by Gasteiger charge is 2.27. The van der Waals surface area contributed by atoms with Crippen LogP contribution in [0, 0.1) is 11.8 Å². The Kier molecular flexibility index (Phi) is 4.54. The van der Waals surface area contributed by atoms with Crippen LogP contribution in [0.3, 0.4) is 0 Å². The summed E-state index contributed by atoms with van der Waals surface area (Å²) < 4.78 is 0. The summed E-state index contributed by atoms with van der Waals surface area (Å²) in [5.41, 5.74) is 1.43. The molecule has 1 aromatic carbocycles. The lowest BCUT2D eigenvalue weighted by Crippen LogP contribution is -2.30. The molecule has 1 aliphatic rings. The zero-order valence-corrected chi connectivity index (χ0v) is 13.2. The standard InChI is InChI=1S/C19H26N2/c1-3-21-19(16-9-7-14(2)8-10-16)17-6-4-5-15-11-12-20-13-18(15)17/h4-6,11-14,16,19,21H,3,7-10H2,1-2H3. The molecule has 1 aliphatic carbocycles. The first-order valence-electron chi connectivity index (χ1n) is 8.35. The SMILES string of the molecule is CCNC(c1cccc2ccncc12)C1CCC(C)CC1. The van der Waals surface area contributed by atoms with Crippen LogP contribution < -0.4 is 5.32 Å². The lowest BCUT2D eigenvalue weighted by atomic mass is 9.76. The van der Waals surface area contributed by atoms with E-state index in [1.807, 2.05) is 12.4 Å². The highest BCUT2D eigenvalue weighted by Crippen LogP contribution is 2.38. The van der Waals surface area contributed by atoms with Crippen molar-refractivity contribution < 1.29 is 0 Å². The summed E-state index contributed by atoms with van der Waals surface area (Å²) in [6, 6.07) is 9.25. The maximum Gasteiger partial charge on any atom is 0.0355 e. The number of rotatable bonds is 4. The van der Waals surface area contributed by atoms with Gasteiger partial charge < -0.3 is 5.32 Å². The highest BCUT2D eigenvalue weighted by atomic mass is 14.9. The molecule has 1 heterocycles. The molecule has 1 unspecified atom stereocenters. The lowest BCUT2D eigenvalue weighted by molar-refractivity contribution is 0.234. The van der Waals surface area contributed by atoms with E-state index in [1.54, 1.807) is 0 Å². The molecule has 0 radical (unpaired) electrons. The van der Waals surface area contributed by atoms with Crippen LogP contribution in [-0.2, 0) is 0 Å². The number of pyridine rings is 1. The summed E-state index contributed by atoms with van der Waals surface area (Å²) >= 11 is 0. The van der Waals surface area contributed by atoms with Crippen LogP contribution >= 0.6 is 0 Å². The van der Waals surface area contributed by atoms with Crippen molar-refractivity contribution in [1.82, 2.24) is 10.3 Å². The topological polar surface area (TPSA) is 24.9 Å². The number of benzene rings is 1. The normalized spacial score (nSPS) is 24.1. The Labute approximate surface area is 128 Å². The van der Waals surface area contributed by atoms with Crippen molar-refractivity contribution in [3.05, 3.63) is 42.2 Å². The molecular weight excluding hydrogens is 256 g/mol. The Morgan fingerprint density at radius 1 is 1.19 bits per heavy atom. The third-order valence-electron chi connectivity index (χ3n) is 5.01. The summed E-state index contributed by atoms with van der Waals surface area (Å²) in [5, 5.41) is 6.36. The van der Waals surface area contributed by atoms with Crippen LogP contribution in [0.1, 0.15) is 51.1 Å². The Hall–Kier alpha value is -1.41. The van der Waals surface area contributed by atoms with Gasteiger partial charge in [-0.1, -0.05) is 44.9 Å². The van der Waals surface area contributed by atoms with Crippen molar-refractivity contribution in [3.63, 3.8) is 0 Å². The van der Waals surface area contributed by atoms with Crippen molar-refractivity contribution in [2.75, 3.05) is 6.54 Å². The van der Waals surface area contributed by atoms with Crippen LogP contribution in [0.15, 0.2) is 36.7 Å². The molecular formula is C19H26N2. The van der Waals surface area contributed by atoms with E-state index in [-0.39, 0.29) is 0 Å². The van der Waals surface area contributed by atoms with Crippen LogP contribution in [0.25, 0.3) is 10.8 Å². The molecule has 2 nitrogen and oxygen atoms in total. The van der Waals surface area contributed by atoms with Gasteiger partial charge in [0.2, 0.25) is 0 Å². The van der Waals surface area contributed by atoms with E-state index in [1.165, 1.54) is 42.0 Å². The number of hydrogen-bond acceptors (Lipinski definition) is 2. The number of aromatic nitrogens is 1. The first kappa shape index (κ1) is 14.5. The molecule has 1 N–H and O–H groups in total. The molecule has 3 rings (SSSR count). The first-order chi connectivity index (χ1) is 10.3. The van der Waals surface area contributed by atoms with Crippen LogP contribution in [-0.4, -0.2) is 11.5 Å². The fourth-order valence-corrected chi connectivity index (χ4v) is 3.78. The van der Waals surface area contributed by atoms with E-state index in [0.29, 0.717) is 6.04 Å². The van der Waals surface area contributed by atoms with E-state index in [0.717, 1.165) is 18.4 Å². The smallest absolute Gasteiger partial charge is 0.0355 e. The second kappa shape index (κ2) is 6.57. The van der Waals surface area contributed by atoms with Gasteiger partial charge in [0.1, 0.15) is 0 Å². The van der Waals surface area contributed by atoms with Gasteiger partial charge in [0.25, 0.3) is 0 Å². The number of nitrogens with one attached hydrogen (secondary N) is 1. The van der Waals surface area contributed by atoms with Gasteiger partial charge in [0.15, 0.2) is 0 Å². The zero-order valence-electron chi connectivity index (χ0n) is 13.2. The second-order valence-corrected chi connectivity index (χ2v) is 6.50. The average Bonchev–Trinajstić information content (AvgIpc) is 2.53. The predicted molar refractivity (Wildman–Crippen MR) is 89.3 cm³/mol. The molecule has 0 bridgehead atoms. The van der Waals surface area contributed by atoms with E-state index >= 15 is 0 Å². The fraction of sp³-hybridized carbons (Fsp3) is 0.526. The van der Waals surface area contributed by atoms with Crippen molar-refractivity contribution in [2.45, 2.75) is 45.6 Å². The van der Waals surface area contributed by atoms with E-state index in [2.05, 4.69) is 48.4 Å². The fourth-order valence-electron chi connectivity index (χ4n) is 3.78. The van der Waals surface area contributed by atoms with Crippen LogP contribution in [0.2, 0.25) is 0 Å². The van der Waals surface area contributed by atoms with Crippen LogP contribution in [0.5, 0.6) is 0 Å². The Morgan fingerprint density at radius 3 is 2.76 bits per heavy atom. The minimum Gasteiger partial charge on any atom is -0.310 e. The average molecular weight is 282 g/mol. The first-order valence-corrected chi connectivity index (χ1v) is 8.35. The third kappa shape index (κ3) is 3.11. The van der Waals surface area contributed by atoms with Gasteiger partial charge in [-0.3, -0.25) is 4.98 Å². The summed E-state index contributed by atoms with van der Waals surface area (Å²) in [4.78, 5) is 4.35. The summed E-state index contributed by atoms with van der Waals surface area (Å²) in [7, 11) is 0. The van der Waals surface area contributed by atoms with Crippen molar-refractivity contribution >= 4 is 10.8 Å². The number of fused-ring (bicyclic) bond motifs is 1. The molecule has 0 saturated heterocycles. The quantitative estimate of drug-likeness (QED) is 0.878. The molecule has 0 aliphatic heterocycles. The van der Waals surface area contributed by atoms with Crippen molar-refractivity contribution in [1.29, 1.82) is 0 Å². The summed E-state index contributed by atoms with van der Waals surface area (Å²) in [6.45, 7) is 5.62. The number of hydrogen-bond donors (Lipinski definition) is 1. The Morgan fingerprint density at radius 2 is 2.00 bits per heavy atom. The molecule has 2 heteroatoms. The van der Waals surface area contributed by atoms with Gasteiger partial charge in [-0.2, -0.15) is 0 Å². The van der Waals surface area contributed by atoms with Crippen molar-refractivity contribution in [2.24, 2.45) is 11.8 Å². The molecule has 112 valence electrons. The van der Waals surface area contributed by atoms with Crippen molar-refractivity contribution in [3.8, 4) is 0 Å². The number of nitrogens with zero attached hydrogens (tertiary/aromatic N) is 1. The Balaban J connectivity index is 1.95. The van der Waals surface area contributed by atoms with E-state index in [4.69, 9.17) is 0 Å². The maximum atomic E-state index is 4.35. The highest BCUT2D eigenvalue weighted by molar-refractivity contribution is 5.85. The third-order valence-corrected chi connectivity index (χ3v) is 5.01. The molecule has 1 atom stereocenters. The van der Waals surface area contributed by atoms with Gasteiger partial charge in [0, 0.05) is 23.8 Å². The minimum absolute atomic E-state index is 0.468. The van der Waals surface area contributed by atoms with Gasteiger partial charge >= 0.3 is 0 Å². The molecule has 2 aromatic rings. The molecule has 1 aromatic heterocycles.